The average Bonchev–Trinajstić information content (AvgIpc) is 2.86. The van der Waals surface area contributed by atoms with E-state index in [1.165, 1.54) is 0 Å². The van der Waals surface area contributed by atoms with E-state index in [4.69, 9.17) is 22.6 Å². The third-order valence-electron chi connectivity index (χ3n) is 3.76. The topological polar surface area (TPSA) is 83.0 Å². The van der Waals surface area contributed by atoms with Crippen molar-refractivity contribution in [2.45, 2.75) is 6.54 Å². The Hall–Kier alpha value is -2.84. The monoisotopic (exact) mass is 324 g/mol. The Morgan fingerprint density at radius 2 is 2.22 bits per heavy atom. The zero-order valence-corrected chi connectivity index (χ0v) is 13.0. The van der Waals surface area contributed by atoms with Crippen LogP contribution in [0.2, 0.25) is 5.02 Å². The number of pyridine rings is 1. The number of halogens is 1. The van der Waals surface area contributed by atoms with Crippen LogP contribution in [-0.2, 0) is 6.54 Å². The first-order valence-corrected chi connectivity index (χ1v) is 7.29. The van der Waals surface area contributed by atoms with Crippen molar-refractivity contribution >= 4 is 23.3 Å². The third-order valence-corrected chi connectivity index (χ3v) is 4.07. The van der Waals surface area contributed by atoms with Gasteiger partial charge in [-0.1, -0.05) is 30.3 Å². The number of nitrogens with zero attached hydrogens (tertiary/aromatic N) is 3. The maximum absolute atomic E-state index is 12.5. The number of carbonyl (C=O) groups is 1. The molecule has 1 aliphatic heterocycles. The lowest BCUT2D eigenvalue weighted by Gasteiger charge is -2.14. The van der Waals surface area contributed by atoms with Gasteiger partial charge in [0, 0.05) is 29.4 Å². The van der Waals surface area contributed by atoms with Crippen LogP contribution in [0.3, 0.4) is 0 Å². The van der Waals surface area contributed by atoms with Crippen LogP contribution < -0.4 is 5.73 Å². The number of amides is 1. The highest BCUT2D eigenvalue weighted by Gasteiger charge is 2.29. The average molecular weight is 325 g/mol. The number of hydrogen-bond donors (Lipinski definition) is 1. The van der Waals surface area contributed by atoms with Crippen molar-refractivity contribution in [2.24, 2.45) is 0 Å². The zero-order valence-electron chi connectivity index (χ0n) is 12.2. The maximum Gasteiger partial charge on any atom is 0.254 e. The molecule has 114 valence electrons. The number of rotatable bonds is 3. The Morgan fingerprint density at radius 1 is 1.48 bits per heavy atom. The molecule has 2 N–H and O–H groups in total. The van der Waals surface area contributed by atoms with Crippen LogP contribution in [0.15, 0.2) is 42.6 Å². The summed E-state index contributed by atoms with van der Waals surface area (Å²) in [6.07, 6.45) is 1.64. The summed E-state index contributed by atoms with van der Waals surface area (Å²) in [6.45, 7) is 4.29. The summed E-state index contributed by atoms with van der Waals surface area (Å²) in [7, 11) is 0. The molecule has 23 heavy (non-hydrogen) atoms. The van der Waals surface area contributed by atoms with Gasteiger partial charge in [-0.05, 0) is 23.3 Å². The fourth-order valence-electron chi connectivity index (χ4n) is 2.65. The van der Waals surface area contributed by atoms with Crippen LogP contribution in [-0.4, -0.2) is 22.3 Å². The van der Waals surface area contributed by atoms with Gasteiger partial charge in [-0.3, -0.25) is 4.79 Å². The maximum atomic E-state index is 12.5. The van der Waals surface area contributed by atoms with E-state index in [0.717, 1.165) is 16.7 Å². The van der Waals surface area contributed by atoms with Gasteiger partial charge in [0.1, 0.15) is 5.82 Å². The first-order valence-electron chi connectivity index (χ1n) is 6.91. The largest absolute Gasteiger partial charge is 0.382 e. The van der Waals surface area contributed by atoms with Gasteiger partial charge < -0.3 is 10.6 Å². The van der Waals surface area contributed by atoms with Gasteiger partial charge in [-0.25, -0.2) is 4.98 Å². The van der Waals surface area contributed by atoms with Gasteiger partial charge in [0.05, 0.1) is 17.6 Å². The van der Waals surface area contributed by atoms with E-state index in [-0.39, 0.29) is 18.3 Å². The molecule has 0 atom stereocenters. The number of carbonyl (C=O) groups excluding carboxylic acids is 1. The van der Waals surface area contributed by atoms with Crippen LogP contribution in [0.1, 0.15) is 15.9 Å². The highest BCUT2D eigenvalue weighted by Crippen LogP contribution is 2.34. The van der Waals surface area contributed by atoms with Crippen molar-refractivity contribution in [3.63, 3.8) is 0 Å². The molecule has 0 saturated heterocycles. The molecule has 3 rings (SSSR count). The summed E-state index contributed by atoms with van der Waals surface area (Å²) < 4.78 is 0. The lowest BCUT2D eigenvalue weighted by atomic mass is 9.98. The quantitative estimate of drug-likeness (QED) is 0.880. The Balaban J connectivity index is 2.02. The highest BCUT2D eigenvalue weighted by atomic mass is 35.5. The Morgan fingerprint density at radius 3 is 2.91 bits per heavy atom. The van der Waals surface area contributed by atoms with Crippen molar-refractivity contribution in [3.05, 3.63) is 58.8 Å². The van der Waals surface area contributed by atoms with Crippen molar-refractivity contribution in [3.8, 4) is 17.2 Å². The molecule has 0 saturated carbocycles. The van der Waals surface area contributed by atoms with E-state index in [1.807, 2.05) is 18.2 Å². The fourth-order valence-corrected chi connectivity index (χ4v) is 2.82. The summed E-state index contributed by atoms with van der Waals surface area (Å²) in [6, 6.07) is 9.22. The number of fused-ring (bicyclic) bond motifs is 1. The molecule has 1 aromatic carbocycles. The van der Waals surface area contributed by atoms with Crippen molar-refractivity contribution in [1.29, 1.82) is 5.26 Å². The Labute approximate surface area is 138 Å². The number of hydrogen-bond acceptors (Lipinski definition) is 4. The number of anilines is 1. The molecule has 0 bridgehead atoms. The van der Waals surface area contributed by atoms with Crippen LogP contribution in [0, 0.1) is 11.3 Å². The molecule has 1 amide bonds. The lowest BCUT2D eigenvalue weighted by Crippen LogP contribution is -2.25. The van der Waals surface area contributed by atoms with Crippen LogP contribution >= 0.6 is 11.6 Å². The van der Waals surface area contributed by atoms with E-state index in [9.17, 15) is 4.79 Å². The molecule has 1 aromatic heterocycles. The van der Waals surface area contributed by atoms with E-state index in [0.29, 0.717) is 22.7 Å². The Bertz CT molecular complexity index is 869. The van der Waals surface area contributed by atoms with E-state index in [2.05, 4.69) is 11.6 Å². The minimum absolute atomic E-state index is 0.104. The molecule has 0 unspecified atom stereocenters. The van der Waals surface area contributed by atoms with Crippen LogP contribution in [0.25, 0.3) is 11.1 Å². The summed E-state index contributed by atoms with van der Waals surface area (Å²) in [4.78, 5) is 18.1. The second-order valence-electron chi connectivity index (χ2n) is 5.30. The fraction of sp³-hybridized carbons (Fsp3) is 0.118. The molecule has 0 spiro atoms. The number of nitriles is 1. The van der Waals surface area contributed by atoms with Gasteiger partial charge >= 0.3 is 0 Å². The van der Waals surface area contributed by atoms with E-state index in [1.54, 1.807) is 23.2 Å². The molecular formula is C17H13ClN4O. The van der Waals surface area contributed by atoms with E-state index < -0.39 is 0 Å². The molecule has 1 aliphatic rings. The van der Waals surface area contributed by atoms with Crippen molar-refractivity contribution in [1.82, 2.24) is 9.88 Å². The molecule has 6 heteroatoms. The van der Waals surface area contributed by atoms with Gasteiger partial charge in [0.2, 0.25) is 0 Å². The number of benzene rings is 1. The van der Waals surface area contributed by atoms with Gasteiger partial charge in [-0.2, -0.15) is 5.26 Å². The summed E-state index contributed by atoms with van der Waals surface area (Å²) in [5, 5.41) is 9.24. The minimum Gasteiger partial charge on any atom is -0.382 e. The molecule has 2 aromatic rings. The number of nitrogen functional groups attached to an aromatic ring is 1. The summed E-state index contributed by atoms with van der Waals surface area (Å²) >= 11 is 6.05. The minimum atomic E-state index is -0.104. The predicted octanol–water partition coefficient (Wildman–Crippen LogP) is 3.02. The zero-order chi connectivity index (χ0) is 16.6. The Kier molecular flexibility index (Phi) is 3.77. The first-order chi connectivity index (χ1) is 11.0. The van der Waals surface area contributed by atoms with E-state index >= 15 is 0 Å². The summed E-state index contributed by atoms with van der Waals surface area (Å²) in [5.74, 6) is 0.166. The molecule has 2 heterocycles. The van der Waals surface area contributed by atoms with Crippen LogP contribution in [0.4, 0.5) is 5.82 Å². The smallest absolute Gasteiger partial charge is 0.254 e. The van der Waals surface area contributed by atoms with Crippen LogP contribution in [0.5, 0.6) is 0 Å². The third kappa shape index (κ3) is 2.65. The highest BCUT2D eigenvalue weighted by molar-refractivity contribution is 6.33. The molecule has 5 nitrogen and oxygen atoms in total. The lowest BCUT2D eigenvalue weighted by molar-refractivity contribution is 0.0794. The van der Waals surface area contributed by atoms with Crippen molar-refractivity contribution in [2.75, 3.05) is 12.3 Å². The number of aromatic nitrogens is 1. The SMILES string of the molecule is C=C(C#N)CN1Cc2c(cccc2-c2cnc(N)c(Cl)c2)C1=O. The second kappa shape index (κ2) is 5.75. The molecular weight excluding hydrogens is 312 g/mol. The second-order valence-corrected chi connectivity index (χ2v) is 5.71. The molecule has 0 fully saturated rings. The summed E-state index contributed by atoms with van der Waals surface area (Å²) in [5.41, 5.74) is 9.21. The van der Waals surface area contributed by atoms with Gasteiger partial charge in [0.25, 0.3) is 5.91 Å². The molecule has 0 aliphatic carbocycles. The van der Waals surface area contributed by atoms with Crippen molar-refractivity contribution < 1.29 is 4.79 Å². The van der Waals surface area contributed by atoms with Gasteiger partial charge in [-0.15, -0.1) is 0 Å². The molecule has 0 radical (unpaired) electrons. The first kappa shape index (κ1) is 15.1. The predicted molar refractivity (Wildman–Crippen MR) is 88.6 cm³/mol. The number of nitrogens with two attached hydrogens (primary N) is 1. The van der Waals surface area contributed by atoms with Gasteiger partial charge in [0.15, 0.2) is 0 Å². The standard InChI is InChI=1S/C17H13ClN4O/c1-10(6-19)8-22-9-14-12(3-2-4-13(14)17(22)23)11-5-15(18)16(20)21-7-11/h2-5,7H,1,8-9H2,(H2,20,21). The normalized spacial score (nSPS) is 12.9.